The third-order valence-electron chi connectivity index (χ3n) is 4.05. The van der Waals surface area contributed by atoms with Crippen molar-refractivity contribution >= 4 is 10.9 Å². The Morgan fingerprint density at radius 1 is 1.29 bits per heavy atom. The molecule has 1 aromatic carbocycles. The molecule has 0 amide bonds. The highest BCUT2D eigenvalue weighted by Gasteiger charge is 2.35. The zero-order valence-electron chi connectivity index (χ0n) is 10.3. The van der Waals surface area contributed by atoms with Crippen molar-refractivity contribution in [2.45, 2.75) is 19.4 Å². The Hall–Kier alpha value is -0.990. The van der Waals surface area contributed by atoms with Crippen molar-refractivity contribution in [2.75, 3.05) is 13.6 Å². The van der Waals surface area contributed by atoms with Gasteiger partial charge in [-0.05, 0) is 6.07 Å². The molecule has 2 N–H and O–H groups in total. The highest BCUT2D eigenvalue weighted by atomic mass is 35.5. The zero-order valence-corrected chi connectivity index (χ0v) is 11.1. The van der Waals surface area contributed by atoms with Gasteiger partial charge in [-0.2, -0.15) is 0 Å². The van der Waals surface area contributed by atoms with Crippen LogP contribution in [0.25, 0.3) is 10.9 Å². The SMILES string of the molecule is CC1CC[NH+](C)C1c1c[nH]c2ccccc12.[Cl-]. The van der Waals surface area contributed by atoms with E-state index in [-0.39, 0.29) is 12.4 Å². The molecule has 0 aliphatic carbocycles. The maximum atomic E-state index is 3.39. The minimum atomic E-state index is 0. The largest absolute Gasteiger partial charge is 1.00 e. The van der Waals surface area contributed by atoms with E-state index < -0.39 is 0 Å². The predicted octanol–water partition coefficient (Wildman–Crippen LogP) is -1.23. The summed E-state index contributed by atoms with van der Waals surface area (Å²) in [6.07, 6.45) is 3.55. The number of rotatable bonds is 1. The van der Waals surface area contributed by atoms with Crippen molar-refractivity contribution in [3.63, 3.8) is 0 Å². The van der Waals surface area contributed by atoms with Crippen LogP contribution in [-0.4, -0.2) is 18.6 Å². The van der Waals surface area contributed by atoms with E-state index in [0.29, 0.717) is 6.04 Å². The molecule has 1 aromatic heterocycles. The quantitative estimate of drug-likeness (QED) is 0.632. The van der Waals surface area contributed by atoms with Crippen LogP contribution >= 0.6 is 0 Å². The van der Waals surface area contributed by atoms with E-state index in [1.54, 1.807) is 4.90 Å². The van der Waals surface area contributed by atoms with Crippen molar-refractivity contribution in [2.24, 2.45) is 5.92 Å². The standard InChI is InChI=1S/C14H18N2.ClH/c1-10-7-8-16(2)14(10)12-9-15-13-6-4-3-5-11(12)13;/h3-6,9-10,14-15H,7-8H2,1-2H3;1H. The third-order valence-corrected chi connectivity index (χ3v) is 4.05. The molecule has 2 aromatic rings. The first-order chi connectivity index (χ1) is 7.77. The summed E-state index contributed by atoms with van der Waals surface area (Å²) < 4.78 is 0. The van der Waals surface area contributed by atoms with Crippen LogP contribution in [0, 0.1) is 5.92 Å². The molecule has 17 heavy (non-hydrogen) atoms. The average Bonchev–Trinajstić information content (AvgIpc) is 2.83. The van der Waals surface area contributed by atoms with E-state index in [1.165, 1.54) is 29.4 Å². The third kappa shape index (κ3) is 1.96. The maximum Gasteiger partial charge on any atom is 0.118 e. The second-order valence-corrected chi connectivity index (χ2v) is 5.13. The molecule has 1 saturated heterocycles. The van der Waals surface area contributed by atoms with E-state index in [2.05, 4.69) is 49.4 Å². The Morgan fingerprint density at radius 3 is 2.76 bits per heavy atom. The monoisotopic (exact) mass is 250 g/mol. The number of benzene rings is 1. The lowest BCUT2D eigenvalue weighted by molar-refractivity contribution is -0.900. The van der Waals surface area contributed by atoms with Gasteiger partial charge in [-0.15, -0.1) is 0 Å². The van der Waals surface area contributed by atoms with Gasteiger partial charge in [0.25, 0.3) is 0 Å². The van der Waals surface area contributed by atoms with Gasteiger partial charge in [-0.25, -0.2) is 0 Å². The molecule has 0 saturated carbocycles. The lowest BCUT2D eigenvalue weighted by atomic mass is 9.95. The molecular formula is C14H19ClN2. The minimum Gasteiger partial charge on any atom is -1.00 e. The van der Waals surface area contributed by atoms with Gasteiger partial charge >= 0.3 is 0 Å². The number of fused-ring (bicyclic) bond motifs is 1. The van der Waals surface area contributed by atoms with Gasteiger partial charge in [-0.1, -0.05) is 25.1 Å². The van der Waals surface area contributed by atoms with Gasteiger partial charge in [0, 0.05) is 35.0 Å². The molecule has 92 valence electrons. The van der Waals surface area contributed by atoms with Crippen molar-refractivity contribution in [3.8, 4) is 0 Å². The number of aromatic nitrogens is 1. The van der Waals surface area contributed by atoms with Crippen LogP contribution in [0.3, 0.4) is 0 Å². The average molecular weight is 251 g/mol. The Morgan fingerprint density at radius 2 is 2.06 bits per heavy atom. The van der Waals surface area contributed by atoms with E-state index in [9.17, 15) is 0 Å². The van der Waals surface area contributed by atoms with Crippen LogP contribution in [0.15, 0.2) is 30.5 Å². The summed E-state index contributed by atoms with van der Waals surface area (Å²) in [7, 11) is 2.32. The minimum absolute atomic E-state index is 0. The first-order valence-corrected chi connectivity index (χ1v) is 6.15. The number of likely N-dealkylation sites (tertiary alicyclic amines) is 1. The van der Waals surface area contributed by atoms with Gasteiger partial charge in [0.05, 0.1) is 13.6 Å². The Balaban J connectivity index is 0.00000108. The summed E-state index contributed by atoms with van der Waals surface area (Å²) in [5, 5.41) is 1.40. The first-order valence-electron chi connectivity index (χ1n) is 6.15. The Labute approximate surface area is 108 Å². The fourth-order valence-electron chi connectivity index (χ4n) is 3.19. The summed E-state index contributed by atoms with van der Waals surface area (Å²) in [5.74, 6) is 0.791. The van der Waals surface area contributed by atoms with E-state index in [1.807, 2.05) is 0 Å². The molecule has 0 radical (unpaired) electrons. The van der Waals surface area contributed by atoms with Gasteiger partial charge in [0.1, 0.15) is 6.04 Å². The number of quaternary nitrogens is 1. The van der Waals surface area contributed by atoms with Crippen LogP contribution in [0.1, 0.15) is 24.9 Å². The molecule has 1 aliphatic rings. The van der Waals surface area contributed by atoms with Gasteiger partial charge < -0.3 is 22.3 Å². The van der Waals surface area contributed by atoms with Crippen molar-refractivity contribution < 1.29 is 17.3 Å². The molecule has 3 atom stereocenters. The summed E-state index contributed by atoms with van der Waals surface area (Å²) in [6.45, 7) is 3.67. The predicted molar refractivity (Wildman–Crippen MR) is 66.6 cm³/mol. The summed E-state index contributed by atoms with van der Waals surface area (Å²) in [6, 6.07) is 9.29. The van der Waals surface area contributed by atoms with Crippen LogP contribution in [-0.2, 0) is 0 Å². The molecule has 2 heterocycles. The number of H-pyrrole nitrogens is 1. The number of para-hydroxylation sites is 1. The fraction of sp³-hybridized carbons (Fsp3) is 0.429. The van der Waals surface area contributed by atoms with Crippen LogP contribution < -0.4 is 17.3 Å². The normalized spacial score (nSPS) is 28.2. The molecule has 2 nitrogen and oxygen atoms in total. The smallest absolute Gasteiger partial charge is 0.118 e. The van der Waals surface area contributed by atoms with Gasteiger partial charge in [0.2, 0.25) is 0 Å². The molecular weight excluding hydrogens is 232 g/mol. The van der Waals surface area contributed by atoms with Crippen molar-refractivity contribution in [1.29, 1.82) is 0 Å². The summed E-state index contributed by atoms with van der Waals surface area (Å²) >= 11 is 0. The number of halogens is 1. The highest BCUT2D eigenvalue weighted by molar-refractivity contribution is 5.83. The lowest BCUT2D eigenvalue weighted by Crippen LogP contribution is -3.07. The second kappa shape index (κ2) is 4.71. The number of hydrogen-bond donors (Lipinski definition) is 2. The molecule has 1 fully saturated rings. The second-order valence-electron chi connectivity index (χ2n) is 5.13. The van der Waals surface area contributed by atoms with Gasteiger partial charge in [-0.3, -0.25) is 0 Å². The van der Waals surface area contributed by atoms with Crippen LogP contribution in [0.2, 0.25) is 0 Å². The number of aromatic amines is 1. The van der Waals surface area contributed by atoms with Crippen molar-refractivity contribution in [3.05, 3.63) is 36.0 Å². The van der Waals surface area contributed by atoms with Crippen molar-refractivity contribution in [1.82, 2.24) is 4.98 Å². The van der Waals surface area contributed by atoms with Crippen LogP contribution in [0.4, 0.5) is 0 Å². The van der Waals surface area contributed by atoms with E-state index in [4.69, 9.17) is 0 Å². The molecule has 3 unspecified atom stereocenters. The summed E-state index contributed by atoms with van der Waals surface area (Å²) in [4.78, 5) is 5.04. The highest BCUT2D eigenvalue weighted by Crippen LogP contribution is 2.30. The molecule has 1 aliphatic heterocycles. The Kier molecular flexibility index (Phi) is 3.45. The van der Waals surface area contributed by atoms with Gasteiger partial charge in [0.15, 0.2) is 0 Å². The fourth-order valence-corrected chi connectivity index (χ4v) is 3.19. The zero-order chi connectivity index (χ0) is 11.1. The van der Waals surface area contributed by atoms with E-state index in [0.717, 1.165) is 5.92 Å². The Bertz CT molecular complexity index is 496. The lowest BCUT2D eigenvalue weighted by Gasteiger charge is -2.19. The maximum absolute atomic E-state index is 3.39. The van der Waals surface area contributed by atoms with Crippen LogP contribution in [0.5, 0.6) is 0 Å². The number of nitrogens with one attached hydrogen (secondary N) is 2. The number of hydrogen-bond acceptors (Lipinski definition) is 0. The summed E-state index contributed by atoms with van der Waals surface area (Å²) in [5.41, 5.74) is 2.77. The molecule has 3 heteroatoms. The topological polar surface area (TPSA) is 20.2 Å². The molecule has 3 rings (SSSR count). The van der Waals surface area contributed by atoms with E-state index >= 15 is 0 Å². The first kappa shape index (κ1) is 12.5. The molecule has 0 spiro atoms. The molecule has 0 bridgehead atoms.